The van der Waals surface area contributed by atoms with Gasteiger partial charge in [-0.15, -0.1) is 0 Å². The van der Waals surface area contributed by atoms with Gasteiger partial charge in [-0.05, 0) is 51.0 Å². The van der Waals surface area contributed by atoms with Gasteiger partial charge >= 0.3 is 6.09 Å². The van der Waals surface area contributed by atoms with Gasteiger partial charge in [0.2, 0.25) is 0 Å². The number of benzene rings is 1. The lowest BCUT2D eigenvalue weighted by Gasteiger charge is -2.24. The van der Waals surface area contributed by atoms with Crippen LogP contribution in [0.2, 0.25) is 0 Å². The van der Waals surface area contributed by atoms with E-state index in [0.29, 0.717) is 25.4 Å². The Labute approximate surface area is 119 Å². The zero-order valence-electron chi connectivity index (χ0n) is 12.4. The van der Waals surface area contributed by atoms with Crippen molar-refractivity contribution < 1.29 is 19.4 Å². The number of ether oxygens (including phenoxy) is 2. The first-order chi connectivity index (χ1) is 9.30. The van der Waals surface area contributed by atoms with E-state index < -0.39 is 5.60 Å². The van der Waals surface area contributed by atoms with E-state index in [2.05, 4.69) is 0 Å². The molecule has 0 saturated carbocycles. The fraction of sp³-hybridized carbons (Fsp3) is 0.533. The Balaban J connectivity index is 2.13. The van der Waals surface area contributed by atoms with Crippen LogP contribution in [0.3, 0.4) is 0 Å². The molecule has 0 radical (unpaired) electrons. The fourth-order valence-corrected chi connectivity index (χ4v) is 2.14. The summed E-state index contributed by atoms with van der Waals surface area (Å²) in [5.41, 5.74) is 1.40. The highest BCUT2D eigenvalue weighted by molar-refractivity contribution is 5.69. The summed E-state index contributed by atoms with van der Waals surface area (Å²) in [7, 11) is 0. The second kappa shape index (κ2) is 5.23. The van der Waals surface area contributed by atoms with Crippen molar-refractivity contribution in [2.75, 3.05) is 6.61 Å². The quantitative estimate of drug-likeness (QED) is 0.904. The molecule has 0 bridgehead atoms. The van der Waals surface area contributed by atoms with Crippen LogP contribution in [0.5, 0.6) is 11.5 Å². The van der Waals surface area contributed by atoms with Crippen molar-refractivity contribution in [1.82, 2.24) is 4.90 Å². The molecule has 0 atom stereocenters. The molecule has 1 N–H and O–H groups in total. The molecule has 0 spiro atoms. The molecule has 5 heteroatoms. The molecular weight excluding hydrogens is 258 g/mol. The number of carbonyl (C=O) groups is 1. The van der Waals surface area contributed by atoms with Crippen molar-refractivity contribution in [3.8, 4) is 11.5 Å². The third-order valence-corrected chi connectivity index (χ3v) is 2.96. The predicted molar refractivity (Wildman–Crippen MR) is 74.8 cm³/mol. The minimum absolute atomic E-state index is 0.108. The molecule has 5 nitrogen and oxygen atoms in total. The minimum Gasteiger partial charge on any atom is -0.504 e. The molecule has 0 aliphatic carbocycles. The molecule has 0 unspecified atom stereocenters. The van der Waals surface area contributed by atoms with E-state index >= 15 is 0 Å². The smallest absolute Gasteiger partial charge is 0.410 e. The summed E-state index contributed by atoms with van der Waals surface area (Å²) in [6.07, 6.45) is -0.342. The van der Waals surface area contributed by atoms with Crippen molar-refractivity contribution in [3.05, 3.63) is 23.3 Å². The molecule has 0 saturated heterocycles. The standard InChI is InChI=1S/C15H21NO4/c1-5-19-13-7-11-9-16(8-10(11)6-12(13)17)14(18)20-15(2,3)4/h6-7,17H,5,8-9H2,1-4H3. The van der Waals surface area contributed by atoms with Crippen molar-refractivity contribution in [2.45, 2.75) is 46.4 Å². The minimum atomic E-state index is -0.509. The number of phenols is 1. The number of hydrogen-bond donors (Lipinski definition) is 1. The highest BCUT2D eigenvalue weighted by Crippen LogP contribution is 2.34. The molecule has 1 heterocycles. The van der Waals surface area contributed by atoms with Crippen LogP contribution in [0.4, 0.5) is 4.79 Å². The van der Waals surface area contributed by atoms with Crippen LogP contribution in [0.15, 0.2) is 12.1 Å². The molecular formula is C15H21NO4. The number of amides is 1. The number of aromatic hydroxyl groups is 1. The number of carbonyl (C=O) groups excluding carboxylic acids is 1. The van der Waals surface area contributed by atoms with Gasteiger partial charge in [-0.2, -0.15) is 0 Å². The third kappa shape index (κ3) is 3.15. The van der Waals surface area contributed by atoms with Gasteiger partial charge in [0, 0.05) is 13.1 Å². The van der Waals surface area contributed by atoms with Crippen LogP contribution in [-0.4, -0.2) is 28.3 Å². The average Bonchev–Trinajstić information content (AvgIpc) is 2.70. The average molecular weight is 279 g/mol. The van der Waals surface area contributed by atoms with E-state index in [0.717, 1.165) is 11.1 Å². The highest BCUT2D eigenvalue weighted by atomic mass is 16.6. The van der Waals surface area contributed by atoms with Gasteiger partial charge in [0.25, 0.3) is 0 Å². The summed E-state index contributed by atoms with van der Waals surface area (Å²) < 4.78 is 10.7. The molecule has 1 amide bonds. The molecule has 1 aromatic carbocycles. The first kappa shape index (κ1) is 14.5. The van der Waals surface area contributed by atoms with Crippen molar-refractivity contribution in [1.29, 1.82) is 0 Å². The van der Waals surface area contributed by atoms with Gasteiger partial charge in [-0.1, -0.05) is 0 Å². The van der Waals surface area contributed by atoms with Crippen LogP contribution in [0.25, 0.3) is 0 Å². The lowest BCUT2D eigenvalue weighted by atomic mass is 10.1. The maximum atomic E-state index is 12.0. The fourth-order valence-electron chi connectivity index (χ4n) is 2.14. The summed E-state index contributed by atoms with van der Waals surface area (Å²) in [6.45, 7) is 8.80. The number of rotatable bonds is 2. The molecule has 0 fully saturated rings. The van der Waals surface area contributed by atoms with Gasteiger partial charge in [-0.3, -0.25) is 4.90 Å². The number of phenolic OH excluding ortho intramolecular Hbond substituents is 1. The van der Waals surface area contributed by atoms with Crippen LogP contribution in [0, 0.1) is 0 Å². The van der Waals surface area contributed by atoms with E-state index in [-0.39, 0.29) is 11.8 Å². The Morgan fingerprint density at radius 2 is 1.90 bits per heavy atom. The number of hydrogen-bond acceptors (Lipinski definition) is 4. The normalized spacial score (nSPS) is 14.1. The van der Waals surface area contributed by atoms with Crippen LogP contribution < -0.4 is 4.74 Å². The Hall–Kier alpha value is -1.91. The van der Waals surface area contributed by atoms with Crippen LogP contribution >= 0.6 is 0 Å². The van der Waals surface area contributed by atoms with Crippen LogP contribution in [-0.2, 0) is 17.8 Å². The van der Waals surface area contributed by atoms with Crippen molar-refractivity contribution >= 4 is 6.09 Å². The van der Waals surface area contributed by atoms with Gasteiger partial charge in [0.1, 0.15) is 5.60 Å². The SMILES string of the molecule is CCOc1cc2c(cc1O)CN(C(=O)OC(C)(C)C)C2. The van der Waals surface area contributed by atoms with Crippen molar-refractivity contribution in [2.24, 2.45) is 0 Å². The first-order valence-electron chi connectivity index (χ1n) is 6.75. The highest BCUT2D eigenvalue weighted by Gasteiger charge is 2.28. The Kier molecular flexibility index (Phi) is 3.79. The van der Waals surface area contributed by atoms with E-state index in [9.17, 15) is 9.90 Å². The summed E-state index contributed by atoms with van der Waals surface area (Å²) in [5, 5.41) is 9.86. The Morgan fingerprint density at radius 3 is 2.45 bits per heavy atom. The Bertz CT molecular complexity index is 519. The van der Waals surface area contributed by atoms with E-state index in [4.69, 9.17) is 9.47 Å². The van der Waals surface area contributed by atoms with E-state index in [1.54, 1.807) is 17.0 Å². The second-order valence-electron chi connectivity index (χ2n) is 5.86. The number of nitrogens with zero attached hydrogens (tertiary/aromatic N) is 1. The van der Waals surface area contributed by atoms with E-state index in [1.165, 1.54) is 0 Å². The van der Waals surface area contributed by atoms with Gasteiger partial charge in [-0.25, -0.2) is 4.79 Å². The maximum Gasteiger partial charge on any atom is 0.410 e. The predicted octanol–water partition coefficient (Wildman–Crippen LogP) is 3.04. The number of fused-ring (bicyclic) bond motifs is 1. The zero-order chi connectivity index (χ0) is 14.9. The summed E-state index contributed by atoms with van der Waals surface area (Å²) in [6, 6.07) is 3.45. The monoisotopic (exact) mass is 279 g/mol. The summed E-state index contributed by atoms with van der Waals surface area (Å²) in [4.78, 5) is 13.7. The lowest BCUT2D eigenvalue weighted by Crippen LogP contribution is -2.33. The molecule has 1 aromatic rings. The summed E-state index contributed by atoms with van der Waals surface area (Å²) >= 11 is 0. The third-order valence-electron chi connectivity index (χ3n) is 2.96. The molecule has 1 aliphatic heterocycles. The maximum absolute atomic E-state index is 12.0. The first-order valence-corrected chi connectivity index (χ1v) is 6.75. The van der Waals surface area contributed by atoms with Crippen LogP contribution in [0.1, 0.15) is 38.8 Å². The Morgan fingerprint density at radius 1 is 1.30 bits per heavy atom. The van der Waals surface area contributed by atoms with E-state index in [1.807, 2.05) is 27.7 Å². The molecule has 0 aromatic heterocycles. The van der Waals surface area contributed by atoms with Gasteiger partial charge < -0.3 is 14.6 Å². The lowest BCUT2D eigenvalue weighted by molar-refractivity contribution is 0.0241. The second-order valence-corrected chi connectivity index (χ2v) is 5.86. The molecule has 1 aliphatic rings. The molecule has 110 valence electrons. The van der Waals surface area contributed by atoms with Gasteiger partial charge in [0.05, 0.1) is 6.61 Å². The topological polar surface area (TPSA) is 59.0 Å². The summed E-state index contributed by atoms with van der Waals surface area (Å²) in [5.74, 6) is 0.564. The van der Waals surface area contributed by atoms with Gasteiger partial charge in [0.15, 0.2) is 11.5 Å². The van der Waals surface area contributed by atoms with Crippen molar-refractivity contribution in [3.63, 3.8) is 0 Å². The largest absolute Gasteiger partial charge is 0.504 e. The molecule has 2 rings (SSSR count). The zero-order valence-corrected chi connectivity index (χ0v) is 12.4. The molecule has 20 heavy (non-hydrogen) atoms.